The Hall–Kier alpha value is -0.520. The van der Waals surface area contributed by atoms with Gasteiger partial charge in [-0.15, -0.1) is 6.58 Å². The minimum absolute atomic E-state index is 1.17. The molecule has 0 heteroatoms. The molecule has 0 spiro atoms. The molecule has 0 atom stereocenters. The molecular formula is C12H22. The zero-order valence-corrected chi connectivity index (χ0v) is 8.82. The smallest absolute Gasteiger partial charge is 0.0323 e. The minimum atomic E-state index is 1.17. The summed E-state index contributed by atoms with van der Waals surface area (Å²) in [5.74, 6) is 0. The topological polar surface area (TPSA) is 0 Å². The molecule has 0 rings (SSSR count). The van der Waals surface area contributed by atoms with Gasteiger partial charge in [0.1, 0.15) is 0 Å². The molecule has 0 aromatic carbocycles. The molecule has 0 aromatic rings. The first kappa shape index (κ1) is 11.5. The van der Waals surface area contributed by atoms with Crippen LogP contribution in [-0.4, -0.2) is 0 Å². The van der Waals surface area contributed by atoms with E-state index in [9.17, 15) is 0 Å². The monoisotopic (exact) mass is 166 g/mol. The fourth-order valence-electron chi connectivity index (χ4n) is 1.28. The first-order chi connectivity index (χ1) is 5.66. The van der Waals surface area contributed by atoms with Gasteiger partial charge in [-0.2, -0.15) is 0 Å². The molecule has 0 fully saturated rings. The van der Waals surface area contributed by atoms with Gasteiger partial charge in [-0.25, -0.2) is 0 Å². The van der Waals surface area contributed by atoms with Crippen LogP contribution in [-0.2, 0) is 0 Å². The lowest BCUT2D eigenvalue weighted by Gasteiger charge is -2.01. The van der Waals surface area contributed by atoms with Crippen LogP contribution in [0, 0.1) is 0 Å². The van der Waals surface area contributed by atoms with E-state index >= 15 is 0 Å². The molecule has 0 unspecified atom stereocenters. The Bertz CT molecular complexity index is 151. The van der Waals surface area contributed by atoms with Gasteiger partial charge in [0.05, 0.1) is 0 Å². The van der Waals surface area contributed by atoms with Gasteiger partial charge in [0.25, 0.3) is 0 Å². The predicted octanol–water partition coefficient (Wildman–Crippen LogP) is 4.48. The van der Waals surface area contributed by atoms with Crippen molar-refractivity contribution in [3.05, 3.63) is 23.8 Å². The molecule has 12 heavy (non-hydrogen) atoms. The minimum Gasteiger partial charge on any atom is -0.100 e. The van der Waals surface area contributed by atoms with Crippen LogP contribution in [0.15, 0.2) is 23.8 Å². The van der Waals surface area contributed by atoms with Gasteiger partial charge in [-0.1, -0.05) is 24.1 Å². The maximum Gasteiger partial charge on any atom is -0.0323 e. The van der Waals surface area contributed by atoms with Crippen molar-refractivity contribution in [2.24, 2.45) is 0 Å². The Morgan fingerprint density at radius 3 is 2.25 bits per heavy atom. The van der Waals surface area contributed by atoms with Crippen molar-refractivity contribution in [2.45, 2.75) is 52.9 Å². The van der Waals surface area contributed by atoms with Crippen LogP contribution >= 0.6 is 0 Å². The summed E-state index contributed by atoms with van der Waals surface area (Å²) in [5.41, 5.74) is 2.85. The fourth-order valence-corrected chi connectivity index (χ4v) is 1.28. The van der Waals surface area contributed by atoms with E-state index in [1.807, 2.05) is 0 Å². The highest BCUT2D eigenvalue weighted by Gasteiger charge is 1.91. The van der Waals surface area contributed by atoms with Crippen LogP contribution in [0.25, 0.3) is 0 Å². The van der Waals surface area contributed by atoms with Crippen LogP contribution in [0.1, 0.15) is 52.9 Å². The highest BCUT2D eigenvalue weighted by Crippen LogP contribution is 2.11. The number of rotatable bonds is 6. The molecule has 0 amide bonds. The summed E-state index contributed by atoms with van der Waals surface area (Å²) < 4.78 is 0. The Morgan fingerprint density at radius 1 is 1.17 bits per heavy atom. The van der Waals surface area contributed by atoms with Gasteiger partial charge in [0.15, 0.2) is 0 Å². The molecule has 0 saturated carbocycles. The van der Waals surface area contributed by atoms with Crippen molar-refractivity contribution in [1.82, 2.24) is 0 Å². The first-order valence-electron chi connectivity index (χ1n) is 4.96. The van der Waals surface area contributed by atoms with Gasteiger partial charge in [0.2, 0.25) is 0 Å². The maximum absolute atomic E-state index is 3.89. The van der Waals surface area contributed by atoms with Crippen LogP contribution in [0.4, 0.5) is 0 Å². The summed E-state index contributed by atoms with van der Waals surface area (Å²) in [6, 6.07) is 0. The maximum atomic E-state index is 3.89. The normalized spacial score (nSPS) is 11.8. The second kappa shape index (κ2) is 7.15. The molecule has 0 aliphatic carbocycles. The molecule has 70 valence electrons. The average Bonchev–Trinajstić information content (AvgIpc) is 1.98. The lowest BCUT2D eigenvalue weighted by atomic mass is 10.1. The summed E-state index contributed by atoms with van der Waals surface area (Å²) in [6.07, 6.45) is 8.56. The second-order valence-corrected chi connectivity index (χ2v) is 3.62. The summed E-state index contributed by atoms with van der Waals surface area (Å²) in [5, 5.41) is 0. The van der Waals surface area contributed by atoms with Gasteiger partial charge in [-0.05, 0) is 46.0 Å². The second-order valence-electron chi connectivity index (χ2n) is 3.62. The van der Waals surface area contributed by atoms with Crippen LogP contribution in [0.3, 0.4) is 0 Å². The average molecular weight is 166 g/mol. The van der Waals surface area contributed by atoms with Gasteiger partial charge in [0, 0.05) is 0 Å². The summed E-state index contributed by atoms with van der Waals surface area (Å²) in [7, 11) is 0. The molecule has 0 bridgehead atoms. The van der Waals surface area contributed by atoms with E-state index in [-0.39, 0.29) is 0 Å². The van der Waals surface area contributed by atoms with Gasteiger partial charge in [-0.3, -0.25) is 0 Å². The molecule has 0 N–H and O–H groups in total. The van der Waals surface area contributed by atoms with E-state index in [4.69, 9.17) is 0 Å². The standard InChI is InChI=1S/C12H22/c1-5-8-12(4)10-7-6-9-11(2)3/h8H,2,5-7,9-10H2,1,3-4H3. The molecule has 0 radical (unpaired) electrons. The lowest BCUT2D eigenvalue weighted by Crippen LogP contribution is -1.81. The number of unbranched alkanes of at least 4 members (excludes halogenated alkanes) is 1. The highest BCUT2D eigenvalue weighted by atomic mass is 14.0. The summed E-state index contributed by atoms with van der Waals surface area (Å²) in [4.78, 5) is 0. The van der Waals surface area contributed by atoms with Crippen LogP contribution in [0.5, 0.6) is 0 Å². The molecule has 0 aliphatic heterocycles. The summed E-state index contributed by atoms with van der Waals surface area (Å²) in [6.45, 7) is 10.4. The van der Waals surface area contributed by atoms with Crippen molar-refractivity contribution in [3.8, 4) is 0 Å². The zero-order chi connectivity index (χ0) is 9.40. The molecule has 0 aromatic heterocycles. The van der Waals surface area contributed by atoms with E-state index in [2.05, 4.69) is 33.4 Å². The molecule has 0 nitrogen and oxygen atoms in total. The van der Waals surface area contributed by atoms with Crippen molar-refractivity contribution in [3.63, 3.8) is 0 Å². The number of allylic oxidation sites excluding steroid dienone is 3. The third-order valence-corrected chi connectivity index (χ3v) is 1.98. The third kappa shape index (κ3) is 7.59. The van der Waals surface area contributed by atoms with Crippen molar-refractivity contribution < 1.29 is 0 Å². The number of hydrogen-bond donors (Lipinski definition) is 0. The number of hydrogen-bond acceptors (Lipinski definition) is 0. The van der Waals surface area contributed by atoms with Crippen LogP contribution < -0.4 is 0 Å². The van der Waals surface area contributed by atoms with Crippen molar-refractivity contribution in [2.75, 3.05) is 0 Å². The fraction of sp³-hybridized carbons (Fsp3) is 0.667. The van der Waals surface area contributed by atoms with Crippen molar-refractivity contribution >= 4 is 0 Å². The van der Waals surface area contributed by atoms with E-state index in [1.54, 1.807) is 5.57 Å². The first-order valence-corrected chi connectivity index (χ1v) is 4.96. The highest BCUT2D eigenvalue weighted by molar-refractivity contribution is 4.97. The largest absolute Gasteiger partial charge is 0.100 e. The Morgan fingerprint density at radius 2 is 1.75 bits per heavy atom. The van der Waals surface area contributed by atoms with E-state index < -0.39 is 0 Å². The third-order valence-electron chi connectivity index (χ3n) is 1.98. The zero-order valence-electron chi connectivity index (χ0n) is 8.82. The molecular weight excluding hydrogens is 144 g/mol. The molecule has 0 saturated heterocycles. The van der Waals surface area contributed by atoms with E-state index in [0.29, 0.717) is 0 Å². The van der Waals surface area contributed by atoms with Crippen molar-refractivity contribution in [1.29, 1.82) is 0 Å². The Balaban J connectivity index is 3.31. The SMILES string of the molecule is C=C(C)CCCCC(C)=CCC. The molecule has 0 aliphatic rings. The predicted molar refractivity (Wildman–Crippen MR) is 57.3 cm³/mol. The van der Waals surface area contributed by atoms with Crippen LogP contribution in [0.2, 0.25) is 0 Å². The van der Waals surface area contributed by atoms with Gasteiger partial charge >= 0.3 is 0 Å². The van der Waals surface area contributed by atoms with E-state index in [1.165, 1.54) is 37.7 Å². The van der Waals surface area contributed by atoms with E-state index in [0.717, 1.165) is 0 Å². The Kier molecular flexibility index (Phi) is 6.84. The van der Waals surface area contributed by atoms with Gasteiger partial charge < -0.3 is 0 Å². The quantitative estimate of drug-likeness (QED) is 0.403. The molecule has 0 heterocycles. The lowest BCUT2D eigenvalue weighted by molar-refractivity contribution is 0.724. The summed E-state index contributed by atoms with van der Waals surface area (Å²) >= 11 is 0. The Labute approximate surface area is 77.4 Å².